The Morgan fingerprint density at radius 2 is 2.30 bits per heavy atom. The van der Waals surface area contributed by atoms with Gasteiger partial charge in [-0.15, -0.1) is 10.2 Å². The first-order valence-electron chi connectivity index (χ1n) is 5.47. The zero-order chi connectivity index (χ0) is 14.7. The van der Waals surface area contributed by atoms with Crippen molar-refractivity contribution in [2.75, 3.05) is 11.1 Å². The van der Waals surface area contributed by atoms with Crippen molar-refractivity contribution in [1.82, 2.24) is 10.2 Å². The van der Waals surface area contributed by atoms with Crippen LogP contribution in [0.5, 0.6) is 0 Å². The van der Waals surface area contributed by atoms with E-state index in [0.29, 0.717) is 15.2 Å². The maximum absolute atomic E-state index is 13.0. The molecule has 1 atom stereocenters. The first kappa shape index (κ1) is 15.0. The number of anilines is 2. The zero-order valence-corrected chi connectivity index (χ0v) is 12.7. The molecule has 0 fully saturated rings. The quantitative estimate of drug-likeness (QED) is 0.841. The predicted molar refractivity (Wildman–Crippen MR) is 79.7 cm³/mol. The standard InChI is InChI=1S/C11H10ClFN4OS2/c1-5(19-11-17-16-10(14)20-11)9(18)15-6-2-3-8(13)7(12)4-6/h2-5H,1H3,(H2,14,16)(H,15,18). The predicted octanol–water partition coefficient (Wildman–Crippen LogP) is 3.03. The van der Waals surface area contributed by atoms with E-state index in [1.165, 1.54) is 41.3 Å². The SMILES string of the molecule is CC(Sc1nnc(N)s1)C(=O)Nc1ccc(F)c(Cl)c1. The summed E-state index contributed by atoms with van der Waals surface area (Å²) in [5, 5.41) is 10.1. The number of carbonyl (C=O) groups excluding carboxylic acids is 1. The molecule has 0 aliphatic carbocycles. The van der Waals surface area contributed by atoms with Gasteiger partial charge in [0.15, 0.2) is 4.34 Å². The van der Waals surface area contributed by atoms with Crippen LogP contribution in [-0.2, 0) is 4.79 Å². The fourth-order valence-corrected chi connectivity index (χ4v) is 3.25. The molecule has 2 rings (SSSR count). The summed E-state index contributed by atoms with van der Waals surface area (Å²) in [6, 6.07) is 4.00. The molecule has 0 saturated heterocycles. The Morgan fingerprint density at radius 3 is 2.90 bits per heavy atom. The Bertz CT molecular complexity index is 637. The number of hydrogen-bond donors (Lipinski definition) is 2. The molecule has 3 N–H and O–H groups in total. The summed E-state index contributed by atoms with van der Waals surface area (Å²) in [6.45, 7) is 1.72. The third kappa shape index (κ3) is 3.81. The molecule has 1 aromatic heterocycles. The molecule has 0 aliphatic heterocycles. The van der Waals surface area contributed by atoms with Crippen LogP contribution < -0.4 is 11.1 Å². The van der Waals surface area contributed by atoms with E-state index in [9.17, 15) is 9.18 Å². The Balaban J connectivity index is 1.98. The van der Waals surface area contributed by atoms with E-state index in [4.69, 9.17) is 17.3 Å². The van der Waals surface area contributed by atoms with Gasteiger partial charge in [0.05, 0.1) is 10.3 Å². The lowest BCUT2D eigenvalue weighted by Crippen LogP contribution is -2.22. The summed E-state index contributed by atoms with van der Waals surface area (Å²) in [5.41, 5.74) is 5.90. The third-order valence-corrected chi connectivity index (χ3v) is 4.48. The number of halogens is 2. The Morgan fingerprint density at radius 1 is 1.55 bits per heavy atom. The van der Waals surface area contributed by atoms with Crippen molar-refractivity contribution in [3.8, 4) is 0 Å². The Hall–Kier alpha value is -1.38. The average Bonchev–Trinajstić information content (AvgIpc) is 2.79. The number of hydrogen-bond acceptors (Lipinski definition) is 6. The van der Waals surface area contributed by atoms with Crippen LogP contribution in [0.2, 0.25) is 5.02 Å². The van der Waals surface area contributed by atoms with Gasteiger partial charge in [0.2, 0.25) is 11.0 Å². The molecule has 106 valence electrons. The maximum Gasteiger partial charge on any atom is 0.237 e. The van der Waals surface area contributed by atoms with Crippen LogP contribution in [0.25, 0.3) is 0 Å². The Labute approximate surface area is 127 Å². The summed E-state index contributed by atoms with van der Waals surface area (Å²) < 4.78 is 13.6. The number of benzene rings is 1. The maximum atomic E-state index is 13.0. The van der Waals surface area contributed by atoms with Crippen LogP contribution in [0.1, 0.15) is 6.92 Å². The van der Waals surface area contributed by atoms with E-state index in [0.717, 1.165) is 0 Å². The van der Waals surface area contributed by atoms with Crippen molar-refractivity contribution < 1.29 is 9.18 Å². The molecule has 5 nitrogen and oxygen atoms in total. The van der Waals surface area contributed by atoms with Gasteiger partial charge in [0.1, 0.15) is 5.82 Å². The number of thioether (sulfide) groups is 1. The number of rotatable bonds is 4. The van der Waals surface area contributed by atoms with Gasteiger partial charge >= 0.3 is 0 Å². The molecule has 1 amide bonds. The summed E-state index contributed by atoms with van der Waals surface area (Å²) >= 11 is 8.10. The van der Waals surface area contributed by atoms with Crippen molar-refractivity contribution in [3.05, 3.63) is 29.0 Å². The monoisotopic (exact) mass is 332 g/mol. The zero-order valence-electron chi connectivity index (χ0n) is 10.3. The van der Waals surface area contributed by atoms with Crippen molar-refractivity contribution >= 4 is 51.4 Å². The summed E-state index contributed by atoms with van der Waals surface area (Å²) in [5.74, 6) is -0.775. The first-order valence-corrected chi connectivity index (χ1v) is 7.54. The number of nitrogens with two attached hydrogens (primary N) is 1. The number of nitrogens with one attached hydrogen (secondary N) is 1. The molecule has 0 saturated carbocycles. The molecule has 9 heteroatoms. The second-order valence-corrected chi connectivity index (χ2v) is 6.79. The largest absolute Gasteiger partial charge is 0.374 e. The molecule has 0 radical (unpaired) electrons. The van der Waals surface area contributed by atoms with Gasteiger partial charge in [-0.1, -0.05) is 34.7 Å². The van der Waals surface area contributed by atoms with Gasteiger partial charge in [-0.25, -0.2) is 4.39 Å². The van der Waals surface area contributed by atoms with E-state index in [1.54, 1.807) is 6.92 Å². The molecule has 0 bridgehead atoms. The highest BCUT2D eigenvalue weighted by Crippen LogP contribution is 2.28. The molecule has 0 aliphatic rings. The van der Waals surface area contributed by atoms with Crippen LogP contribution in [0.4, 0.5) is 15.2 Å². The molecule has 1 unspecified atom stereocenters. The highest BCUT2D eigenvalue weighted by molar-refractivity contribution is 8.02. The lowest BCUT2D eigenvalue weighted by atomic mass is 10.3. The third-order valence-electron chi connectivity index (χ3n) is 2.26. The minimum Gasteiger partial charge on any atom is -0.374 e. The van der Waals surface area contributed by atoms with E-state index >= 15 is 0 Å². The Kier molecular flexibility index (Phi) is 4.79. The highest BCUT2D eigenvalue weighted by Gasteiger charge is 2.17. The van der Waals surface area contributed by atoms with E-state index < -0.39 is 11.1 Å². The molecule has 0 spiro atoms. The van der Waals surface area contributed by atoms with Gasteiger partial charge in [-0.2, -0.15) is 0 Å². The second-order valence-electron chi connectivity index (χ2n) is 3.78. The van der Waals surface area contributed by atoms with Gasteiger partial charge in [0, 0.05) is 5.69 Å². The first-order chi connectivity index (χ1) is 9.45. The van der Waals surface area contributed by atoms with Gasteiger partial charge in [-0.05, 0) is 25.1 Å². The van der Waals surface area contributed by atoms with E-state index in [1.807, 2.05) is 0 Å². The van der Waals surface area contributed by atoms with Crippen molar-refractivity contribution in [3.63, 3.8) is 0 Å². The summed E-state index contributed by atoms with van der Waals surface area (Å²) in [7, 11) is 0. The summed E-state index contributed by atoms with van der Waals surface area (Å²) in [6.07, 6.45) is 0. The van der Waals surface area contributed by atoms with Crippen LogP contribution >= 0.6 is 34.7 Å². The van der Waals surface area contributed by atoms with Crippen LogP contribution in [0.15, 0.2) is 22.5 Å². The van der Waals surface area contributed by atoms with Crippen LogP contribution in [0, 0.1) is 5.82 Å². The molecule has 1 aromatic carbocycles. The fourth-order valence-electron chi connectivity index (χ4n) is 1.29. The molecular formula is C11H10ClFN4OS2. The second kappa shape index (κ2) is 6.38. The molecule has 20 heavy (non-hydrogen) atoms. The molecular weight excluding hydrogens is 323 g/mol. The number of nitrogens with zero attached hydrogens (tertiary/aromatic N) is 2. The number of amides is 1. The highest BCUT2D eigenvalue weighted by atomic mass is 35.5. The van der Waals surface area contributed by atoms with Crippen molar-refractivity contribution in [2.45, 2.75) is 16.5 Å². The van der Waals surface area contributed by atoms with E-state index in [-0.39, 0.29) is 10.9 Å². The number of aromatic nitrogens is 2. The minimum atomic E-state index is -0.531. The minimum absolute atomic E-state index is 0.0417. The van der Waals surface area contributed by atoms with Crippen LogP contribution in [-0.4, -0.2) is 21.4 Å². The topological polar surface area (TPSA) is 80.9 Å². The smallest absolute Gasteiger partial charge is 0.237 e. The number of nitrogen functional groups attached to an aromatic ring is 1. The van der Waals surface area contributed by atoms with Crippen LogP contribution in [0.3, 0.4) is 0 Å². The molecule has 1 heterocycles. The van der Waals surface area contributed by atoms with Gasteiger partial charge < -0.3 is 11.1 Å². The lowest BCUT2D eigenvalue weighted by Gasteiger charge is -2.10. The number of carbonyl (C=O) groups is 1. The van der Waals surface area contributed by atoms with Crippen molar-refractivity contribution in [2.24, 2.45) is 0 Å². The lowest BCUT2D eigenvalue weighted by molar-refractivity contribution is -0.115. The van der Waals surface area contributed by atoms with Gasteiger partial charge in [-0.3, -0.25) is 4.79 Å². The molecule has 2 aromatic rings. The average molecular weight is 333 g/mol. The summed E-state index contributed by atoms with van der Waals surface area (Å²) in [4.78, 5) is 12.0. The van der Waals surface area contributed by atoms with Crippen molar-refractivity contribution in [1.29, 1.82) is 0 Å². The van der Waals surface area contributed by atoms with Gasteiger partial charge in [0.25, 0.3) is 0 Å². The fraction of sp³-hybridized carbons (Fsp3) is 0.182. The normalized spacial score (nSPS) is 12.2. The van der Waals surface area contributed by atoms with E-state index in [2.05, 4.69) is 15.5 Å².